The average molecular weight is 301 g/mol. The number of thiazole rings is 1. The highest BCUT2D eigenvalue weighted by atomic mass is 32.1. The molecule has 0 aliphatic carbocycles. The highest BCUT2D eigenvalue weighted by Crippen LogP contribution is 2.28. The van der Waals surface area contributed by atoms with Crippen molar-refractivity contribution < 1.29 is 4.79 Å². The fourth-order valence-electron chi connectivity index (χ4n) is 2.55. The number of hydrogen-bond acceptors (Lipinski definition) is 4. The number of hydrogen-bond donors (Lipinski definition) is 0. The van der Waals surface area contributed by atoms with Gasteiger partial charge in [0.25, 0.3) is 5.91 Å². The van der Waals surface area contributed by atoms with Crippen LogP contribution in [0.1, 0.15) is 35.1 Å². The first-order valence-corrected chi connectivity index (χ1v) is 8.15. The molecule has 0 bridgehead atoms. The van der Waals surface area contributed by atoms with Crippen LogP contribution in [-0.2, 0) is 0 Å². The van der Waals surface area contributed by atoms with Gasteiger partial charge in [-0.25, -0.2) is 4.98 Å². The maximum Gasteiger partial charge on any atom is 0.265 e. The summed E-state index contributed by atoms with van der Waals surface area (Å²) in [7, 11) is 0. The summed E-state index contributed by atoms with van der Waals surface area (Å²) in [5, 5.41) is 0.821. The van der Waals surface area contributed by atoms with Gasteiger partial charge >= 0.3 is 0 Å². The molecule has 0 saturated carbocycles. The Hall–Kier alpha value is -1.75. The van der Waals surface area contributed by atoms with Crippen LogP contribution in [0.2, 0.25) is 0 Å². The highest BCUT2D eigenvalue weighted by Gasteiger charge is 2.25. The van der Waals surface area contributed by atoms with E-state index in [0.717, 1.165) is 53.1 Å². The van der Waals surface area contributed by atoms with Gasteiger partial charge in [0, 0.05) is 19.3 Å². The van der Waals surface area contributed by atoms with Gasteiger partial charge in [-0.3, -0.25) is 9.78 Å². The quantitative estimate of drug-likeness (QED) is 0.854. The summed E-state index contributed by atoms with van der Waals surface area (Å²) in [6.07, 6.45) is 3.94. The Kier molecular flexibility index (Phi) is 4.01. The Labute approximate surface area is 128 Å². The maximum absolute atomic E-state index is 12.6. The zero-order valence-corrected chi connectivity index (χ0v) is 13.2. The second kappa shape index (κ2) is 5.93. The molecule has 3 rings (SSSR count). The first kappa shape index (κ1) is 14.2. The summed E-state index contributed by atoms with van der Waals surface area (Å²) in [6.45, 7) is 5.87. The summed E-state index contributed by atoms with van der Waals surface area (Å²) in [6, 6.07) is 5.74. The van der Waals surface area contributed by atoms with Gasteiger partial charge in [-0.15, -0.1) is 11.3 Å². The molecule has 2 aromatic heterocycles. The molecule has 1 aliphatic heterocycles. The normalized spacial score (nSPS) is 16.2. The monoisotopic (exact) mass is 301 g/mol. The summed E-state index contributed by atoms with van der Waals surface area (Å²) in [4.78, 5) is 24.2. The van der Waals surface area contributed by atoms with Gasteiger partial charge < -0.3 is 4.90 Å². The molecule has 110 valence electrons. The molecule has 1 amide bonds. The number of likely N-dealkylation sites (tertiary alicyclic amines) is 1. The lowest BCUT2D eigenvalue weighted by molar-refractivity contribution is 0.0701. The van der Waals surface area contributed by atoms with Crippen LogP contribution in [-0.4, -0.2) is 33.9 Å². The molecule has 1 fully saturated rings. The van der Waals surface area contributed by atoms with Gasteiger partial charge in [-0.2, -0.15) is 0 Å². The number of amides is 1. The number of carbonyl (C=O) groups excluding carboxylic acids is 1. The number of aromatic nitrogens is 2. The summed E-state index contributed by atoms with van der Waals surface area (Å²) in [5.41, 5.74) is 1.64. The molecule has 21 heavy (non-hydrogen) atoms. The molecule has 0 spiro atoms. The SMILES string of the molecule is Cc1nc(-c2ccccn2)sc1C(=O)N1CCC(C)CC1. The van der Waals surface area contributed by atoms with E-state index in [1.165, 1.54) is 11.3 Å². The Bertz CT molecular complexity index is 630. The van der Waals surface area contributed by atoms with Crippen LogP contribution < -0.4 is 0 Å². The Morgan fingerprint density at radius 1 is 1.33 bits per heavy atom. The molecule has 0 atom stereocenters. The Balaban J connectivity index is 1.83. The van der Waals surface area contributed by atoms with Crippen LogP contribution in [0.4, 0.5) is 0 Å². The number of piperidine rings is 1. The van der Waals surface area contributed by atoms with Gasteiger partial charge in [0.05, 0.1) is 11.4 Å². The smallest absolute Gasteiger partial charge is 0.265 e. The molecule has 1 aliphatic rings. The number of pyridine rings is 1. The lowest BCUT2D eigenvalue weighted by Crippen LogP contribution is -2.37. The highest BCUT2D eigenvalue weighted by molar-refractivity contribution is 7.17. The lowest BCUT2D eigenvalue weighted by Gasteiger charge is -2.30. The van der Waals surface area contributed by atoms with Gasteiger partial charge in [-0.05, 0) is 37.8 Å². The van der Waals surface area contributed by atoms with Gasteiger partial charge in [-0.1, -0.05) is 13.0 Å². The van der Waals surface area contributed by atoms with Crippen molar-refractivity contribution >= 4 is 17.2 Å². The van der Waals surface area contributed by atoms with Crippen molar-refractivity contribution in [2.75, 3.05) is 13.1 Å². The van der Waals surface area contributed by atoms with Crippen molar-refractivity contribution in [2.45, 2.75) is 26.7 Å². The van der Waals surface area contributed by atoms with E-state index >= 15 is 0 Å². The van der Waals surface area contributed by atoms with E-state index in [-0.39, 0.29) is 5.91 Å². The third kappa shape index (κ3) is 2.97. The van der Waals surface area contributed by atoms with E-state index in [2.05, 4.69) is 16.9 Å². The molecule has 0 radical (unpaired) electrons. The first-order chi connectivity index (χ1) is 10.1. The van der Waals surface area contributed by atoms with Crippen LogP contribution in [0.15, 0.2) is 24.4 Å². The van der Waals surface area contributed by atoms with E-state index in [9.17, 15) is 4.79 Å². The van der Waals surface area contributed by atoms with E-state index in [4.69, 9.17) is 0 Å². The zero-order chi connectivity index (χ0) is 14.8. The number of aryl methyl sites for hydroxylation is 1. The van der Waals surface area contributed by atoms with Gasteiger partial charge in [0.1, 0.15) is 9.88 Å². The molecule has 0 unspecified atom stereocenters. The van der Waals surface area contributed by atoms with E-state index in [1.54, 1.807) is 6.20 Å². The van der Waals surface area contributed by atoms with Gasteiger partial charge in [0.2, 0.25) is 0 Å². The number of rotatable bonds is 2. The van der Waals surface area contributed by atoms with Crippen LogP contribution >= 0.6 is 11.3 Å². The minimum Gasteiger partial charge on any atom is -0.338 e. The van der Waals surface area contributed by atoms with Gasteiger partial charge in [0.15, 0.2) is 0 Å². The van der Waals surface area contributed by atoms with Crippen molar-refractivity contribution in [1.82, 2.24) is 14.9 Å². The Morgan fingerprint density at radius 3 is 2.76 bits per heavy atom. The predicted octanol–water partition coefficient (Wildman–Crippen LogP) is 3.39. The zero-order valence-electron chi connectivity index (χ0n) is 12.4. The fraction of sp³-hybridized carbons (Fsp3) is 0.438. The van der Waals surface area contributed by atoms with E-state index in [0.29, 0.717) is 0 Å². The molecule has 0 aromatic carbocycles. The van der Waals surface area contributed by atoms with E-state index in [1.807, 2.05) is 30.0 Å². The molecular formula is C16H19N3OS. The first-order valence-electron chi connectivity index (χ1n) is 7.33. The lowest BCUT2D eigenvalue weighted by atomic mass is 9.99. The van der Waals surface area contributed by atoms with Crippen LogP contribution in [0.5, 0.6) is 0 Å². The Morgan fingerprint density at radius 2 is 2.10 bits per heavy atom. The molecule has 1 saturated heterocycles. The average Bonchev–Trinajstić information content (AvgIpc) is 2.90. The number of nitrogens with zero attached hydrogens (tertiary/aromatic N) is 3. The minimum atomic E-state index is 0.124. The topological polar surface area (TPSA) is 46.1 Å². The van der Waals surface area contributed by atoms with Crippen molar-refractivity contribution in [1.29, 1.82) is 0 Å². The third-order valence-electron chi connectivity index (χ3n) is 3.95. The molecule has 4 nitrogen and oxygen atoms in total. The molecular weight excluding hydrogens is 282 g/mol. The molecule has 0 N–H and O–H groups in total. The molecule has 3 heterocycles. The van der Waals surface area contributed by atoms with Crippen LogP contribution in [0.25, 0.3) is 10.7 Å². The maximum atomic E-state index is 12.6. The van der Waals surface area contributed by atoms with E-state index < -0.39 is 0 Å². The van der Waals surface area contributed by atoms with Crippen LogP contribution in [0.3, 0.4) is 0 Å². The fourth-order valence-corrected chi connectivity index (χ4v) is 3.56. The largest absolute Gasteiger partial charge is 0.338 e. The predicted molar refractivity (Wildman–Crippen MR) is 84.4 cm³/mol. The second-order valence-corrected chi connectivity index (χ2v) is 6.62. The van der Waals surface area contributed by atoms with Crippen molar-refractivity contribution in [3.05, 3.63) is 35.0 Å². The van der Waals surface area contributed by atoms with Crippen molar-refractivity contribution in [2.24, 2.45) is 5.92 Å². The third-order valence-corrected chi connectivity index (χ3v) is 5.11. The molecule has 5 heteroatoms. The second-order valence-electron chi connectivity index (χ2n) is 5.62. The summed E-state index contributed by atoms with van der Waals surface area (Å²) in [5.74, 6) is 0.847. The van der Waals surface area contributed by atoms with Crippen molar-refractivity contribution in [3.8, 4) is 10.7 Å². The summed E-state index contributed by atoms with van der Waals surface area (Å²) < 4.78 is 0. The van der Waals surface area contributed by atoms with Crippen molar-refractivity contribution in [3.63, 3.8) is 0 Å². The standard InChI is InChI=1S/C16H19N3OS/c1-11-6-9-19(10-7-11)16(20)14-12(2)18-15(21-14)13-5-3-4-8-17-13/h3-5,8,11H,6-7,9-10H2,1-2H3. The molecule has 2 aromatic rings. The van der Waals surface area contributed by atoms with Crippen LogP contribution in [0, 0.1) is 12.8 Å². The minimum absolute atomic E-state index is 0.124. The summed E-state index contributed by atoms with van der Waals surface area (Å²) >= 11 is 1.45. The number of carbonyl (C=O) groups is 1.